The lowest BCUT2D eigenvalue weighted by Gasteiger charge is -1.99. The van der Waals surface area contributed by atoms with E-state index in [9.17, 15) is 4.79 Å². The Morgan fingerprint density at radius 1 is 1.27 bits per heavy atom. The third-order valence-electron chi connectivity index (χ3n) is 2.73. The molecule has 0 fully saturated rings. The molecular formula is C14H10ClN5OS. The zero-order valence-corrected chi connectivity index (χ0v) is 12.8. The number of hydrogen-bond donors (Lipinski definition) is 1. The number of nitrogens with one attached hydrogen (secondary N) is 1. The van der Waals surface area contributed by atoms with Crippen molar-refractivity contribution in [2.45, 2.75) is 6.42 Å². The molecule has 1 N–H and O–H groups in total. The molecule has 0 atom stereocenters. The van der Waals surface area contributed by atoms with Crippen LogP contribution in [0.2, 0.25) is 5.02 Å². The van der Waals surface area contributed by atoms with E-state index in [0.717, 1.165) is 10.6 Å². The zero-order valence-electron chi connectivity index (χ0n) is 11.2. The van der Waals surface area contributed by atoms with Crippen molar-refractivity contribution in [2.24, 2.45) is 0 Å². The second kappa shape index (κ2) is 6.59. The average Bonchev–Trinajstić information content (AvgIpc) is 2.95. The first-order valence-electron chi connectivity index (χ1n) is 6.35. The van der Waals surface area contributed by atoms with E-state index in [-0.39, 0.29) is 11.6 Å². The molecule has 0 aliphatic carbocycles. The normalized spacial score (nSPS) is 10.4. The number of benzene rings is 1. The highest BCUT2D eigenvalue weighted by molar-refractivity contribution is 7.15. The van der Waals surface area contributed by atoms with E-state index in [4.69, 9.17) is 11.6 Å². The maximum Gasteiger partial charge on any atom is 0.277 e. The van der Waals surface area contributed by atoms with Crippen LogP contribution in [0.25, 0.3) is 0 Å². The highest BCUT2D eigenvalue weighted by atomic mass is 35.5. The molecule has 1 amide bonds. The van der Waals surface area contributed by atoms with Crippen LogP contribution < -0.4 is 5.32 Å². The predicted octanol–water partition coefficient (Wildman–Crippen LogP) is 2.82. The first-order chi connectivity index (χ1) is 10.7. The van der Waals surface area contributed by atoms with E-state index in [0.29, 0.717) is 16.6 Å². The van der Waals surface area contributed by atoms with E-state index < -0.39 is 0 Å². The monoisotopic (exact) mass is 331 g/mol. The first-order valence-corrected chi connectivity index (χ1v) is 7.54. The number of nitrogens with zero attached hydrogens (tertiary/aromatic N) is 4. The summed E-state index contributed by atoms with van der Waals surface area (Å²) in [4.78, 5) is 19.7. The molecule has 110 valence electrons. The summed E-state index contributed by atoms with van der Waals surface area (Å²) >= 11 is 7.26. The molecule has 0 unspecified atom stereocenters. The molecule has 2 heterocycles. The van der Waals surface area contributed by atoms with Crippen LogP contribution in [0.3, 0.4) is 0 Å². The zero-order chi connectivity index (χ0) is 15.4. The summed E-state index contributed by atoms with van der Waals surface area (Å²) < 4.78 is 0. The SMILES string of the molecule is O=C(Nc1nnc(Cc2cccc(Cl)c2)s1)c1cnccn1. The second-order valence-corrected chi connectivity index (χ2v) is 5.85. The Hall–Kier alpha value is -2.38. The molecule has 0 aliphatic rings. The first kappa shape index (κ1) is 14.6. The summed E-state index contributed by atoms with van der Waals surface area (Å²) in [6, 6.07) is 7.54. The fraction of sp³-hybridized carbons (Fsp3) is 0.0714. The van der Waals surface area contributed by atoms with Crippen molar-refractivity contribution in [3.63, 3.8) is 0 Å². The molecule has 2 aromatic heterocycles. The molecule has 0 radical (unpaired) electrons. The molecule has 8 heteroatoms. The van der Waals surface area contributed by atoms with Gasteiger partial charge in [0.2, 0.25) is 5.13 Å². The topological polar surface area (TPSA) is 80.7 Å². The molecular weight excluding hydrogens is 322 g/mol. The van der Waals surface area contributed by atoms with Crippen LogP contribution in [-0.4, -0.2) is 26.1 Å². The summed E-state index contributed by atoms with van der Waals surface area (Å²) in [5.74, 6) is -0.362. The lowest BCUT2D eigenvalue weighted by Crippen LogP contribution is -2.13. The van der Waals surface area contributed by atoms with Gasteiger partial charge in [0.25, 0.3) is 5.91 Å². The molecule has 22 heavy (non-hydrogen) atoms. The third-order valence-corrected chi connectivity index (χ3v) is 3.80. The van der Waals surface area contributed by atoms with Gasteiger partial charge in [-0.25, -0.2) is 4.98 Å². The van der Waals surface area contributed by atoms with Crippen LogP contribution in [0.4, 0.5) is 5.13 Å². The Balaban J connectivity index is 1.68. The number of aromatic nitrogens is 4. The molecule has 0 bridgehead atoms. The maximum atomic E-state index is 11.9. The largest absolute Gasteiger partial charge is 0.295 e. The number of halogens is 1. The van der Waals surface area contributed by atoms with Crippen LogP contribution in [0, 0.1) is 0 Å². The van der Waals surface area contributed by atoms with Gasteiger partial charge < -0.3 is 0 Å². The fourth-order valence-corrected chi connectivity index (χ4v) is 2.76. The van der Waals surface area contributed by atoms with Crippen LogP contribution in [-0.2, 0) is 6.42 Å². The van der Waals surface area contributed by atoms with Crippen molar-refractivity contribution in [1.82, 2.24) is 20.2 Å². The summed E-state index contributed by atoms with van der Waals surface area (Å²) in [5, 5.41) is 12.6. The number of rotatable bonds is 4. The lowest BCUT2D eigenvalue weighted by atomic mass is 10.2. The van der Waals surface area contributed by atoms with Gasteiger partial charge in [0.15, 0.2) is 0 Å². The predicted molar refractivity (Wildman–Crippen MR) is 84.2 cm³/mol. The van der Waals surface area contributed by atoms with Gasteiger partial charge in [-0.15, -0.1) is 10.2 Å². The molecule has 0 aliphatic heterocycles. The van der Waals surface area contributed by atoms with Gasteiger partial charge in [-0.2, -0.15) is 0 Å². The minimum atomic E-state index is -0.362. The average molecular weight is 332 g/mol. The van der Waals surface area contributed by atoms with Gasteiger partial charge in [-0.1, -0.05) is 35.1 Å². The minimum Gasteiger partial charge on any atom is -0.295 e. The lowest BCUT2D eigenvalue weighted by molar-refractivity contribution is 0.102. The number of carbonyl (C=O) groups is 1. The minimum absolute atomic E-state index is 0.231. The van der Waals surface area contributed by atoms with Crippen molar-refractivity contribution >= 4 is 34.0 Å². The number of amides is 1. The Kier molecular flexibility index (Phi) is 4.36. The molecule has 3 rings (SSSR count). The van der Waals surface area contributed by atoms with E-state index in [1.807, 2.05) is 24.3 Å². The van der Waals surface area contributed by atoms with Gasteiger partial charge in [-0.3, -0.25) is 15.1 Å². The van der Waals surface area contributed by atoms with Gasteiger partial charge >= 0.3 is 0 Å². The Bertz CT molecular complexity index is 793. The van der Waals surface area contributed by atoms with E-state index >= 15 is 0 Å². The van der Waals surface area contributed by atoms with E-state index in [1.165, 1.54) is 29.9 Å². The summed E-state index contributed by atoms with van der Waals surface area (Å²) in [7, 11) is 0. The Morgan fingerprint density at radius 3 is 2.95 bits per heavy atom. The molecule has 0 saturated carbocycles. The summed E-state index contributed by atoms with van der Waals surface area (Å²) in [6.07, 6.45) is 4.97. The van der Waals surface area contributed by atoms with Gasteiger partial charge in [0.1, 0.15) is 10.7 Å². The highest BCUT2D eigenvalue weighted by Gasteiger charge is 2.11. The van der Waals surface area contributed by atoms with Crippen LogP contribution in [0.5, 0.6) is 0 Å². The third kappa shape index (κ3) is 3.63. The molecule has 0 spiro atoms. The van der Waals surface area contributed by atoms with Crippen molar-refractivity contribution in [2.75, 3.05) is 5.32 Å². The molecule has 1 aromatic carbocycles. The van der Waals surface area contributed by atoms with E-state index in [2.05, 4.69) is 25.5 Å². The summed E-state index contributed by atoms with van der Waals surface area (Å²) in [5.41, 5.74) is 1.27. The van der Waals surface area contributed by atoms with E-state index in [1.54, 1.807) is 0 Å². The van der Waals surface area contributed by atoms with Gasteiger partial charge in [0, 0.05) is 23.8 Å². The van der Waals surface area contributed by atoms with Crippen LogP contribution in [0.1, 0.15) is 21.1 Å². The second-order valence-electron chi connectivity index (χ2n) is 4.35. The fourth-order valence-electron chi connectivity index (χ4n) is 1.77. The van der Waals surface area contributed by atoms with Crippen molar-refractivity contribution in [3.8, 4) is 0 Å². The van der Waals surface area contributed by atoms with Crippen molar-refractivity contribution in [1.29, 1.82) is 0 Å². The van der Waals surface area contributed by atoms with Gasteiger partial charge in [-0.05, 0) is 17.7 Å². The smallest absolute Gasteiger partial charge is 0.277 e. The molecule has 0 saturated heterocycles. The Morgan fingerprint density at radius 2 is 2.18 bits per heavy atom. The molecule has 3 aromatic rings. The van der Waals surface area contributed by atoms with Gasteiger partial charge in [0.05, 0.1) is 6.20 Å². The van der Waals surface area contributed by atoms with Crippen LogP contribution in [0.15, 0.2) is 42.9 Å². The number of anilines is 1. The Labute approximate surface area is 135 Å². The number of hydrogen-bond acceptors (Lipinski definition) is 6. The van der Waals surface area contributed by atoms with Crippen molar-refractivity contribution < 1.29 is 4.79 Å². The summed E-state index contributed by atoms with van der Waals surface area (Å²) in [6.45, 7) is 0. The maximum absolute atomic E-state index is 11.9. The van der Waals surface area contributed by atoms with Crippen LogP contribution >= 0.6 is 22.9 Å². The van der Waals surface area contributed by atoms with Crippen molar-refractivity contribution in [3.05, 3.63) is 64.1 Å². The quantitative estimate of drug-likeness (QED) is 0.795. The highest BCUT2D eigenvalue weighted by Crippen LogP contribution is 2.20. The number of carbonyl (C=O) groups excluding carboxylic acids is 1. The standard InChI is InChI=1S/C14H10ClN5OS/c15-10-3-1-2-9(6-10)7-12-19-20-14(22-12)18-13(21)11-8-16-4-5-17-11/h1-6,8H,7H2,(H,18,20,21). The molecule has 6 nitrogen and oxygen atoms in total.